The Labute approximate surface area is 169 Å². The summed E-state index contributed by atoms with van der Waals surface area (Å²) in [5.74, 6) is 0.306. The van der Waals surface area contributed by atoms with E-state index in [1.54, 1.807) is 18.2 Å². The maximum atomic E-state index is 12.3. The molecule has 2 rings (SSSR count). The minimum Gasteiger partial charge on any atom is -0.497 e. The first-order valence-electron chi connectivity index (χ1n) is 8.64. The number of benzene rings is 2. The van der Waals surface area contributed by atoms with Crippen molar-refractivity contribution in [2.24, 2.45) is 0 Å². The van der Waals surface area contributed by atoms with Crippen LogP contribution >= 0.6 is 0 Å². The van der Waals surface area contributed by atoms with Crippen molar-refractivity contribution in [2.45, 2.75) is 11.8 Å². The summed E-state index contributed by atoms with van der Waals surface area (Å²) in [6, 6.07) is 10.5. The van der Waals surface area contributed by atoms with E-state index >= 15 is 0 Å². The first-order valence-corrected chi connectivity index (χ1v) is 10.1. The van der Waals surface area contributed by atoms with Gasteiger partial charge in [0.15, 0.2) is 0 Å². The van der Waals surface area contributed by atoms with Crippen molar-refractivity contribution in [2.75, 3.05) is 32.6 Å². The molecule has 0 atom stereocenters. The molecule has 0 bridgehead atoms. The van der Waals surface area contributed by atoms with E-state index in [-0.39, 0.29) is 29.8 Å². The van der Waals surface area contributed by atoms with Gasteiger partial charge in [0.05, 0.1) is 19.1 Å². The maximum absolute atomic E-state index is 12.3. The highest BCUT2D eigenvalue weighted by atomic mass is 32.2. The van der Waals surface area contributed by atoms with Crippen LogP contribution in [0.2, 0.25) is 0 Å². The van der Waals surface area contributed by atoms with Crippen molar-refractivity contribution < 1.29 is 27.5 Å². The van der Waals surface area contributed by atoms with E-state index in [0.29, 0.717) is 22.7 Å². The third kappa shape index (κ3) is 6.47. The topological polar surface area (TPSA) is 123 Å². The number of carbonyl (C=O) groups is 2. The van der Waals surface area contributed by atoms with Gasteiger partial charge in [-0.3, -0.25) is 9.59 Å². The molecule has 10 heteroatoms. The number of rotatable bonds is 9. The molecule has 2 aromatic carbocycles. The lowest BCUT2D eigenvalue weighted by Gasteiger charge is -2.10. The summed E-state index contributed by atoms with van der Waals surface area (Å²) in [7, 11) is -0.783. The van der Waals surface area contributed by atoms with Gasteiger partial charge in [0, 0.05) is 37.3 Å². The summed E-state index contributed by atoms with van der Waals surface area (Å²) >= 11 is 0. The van der Waals surface area contributed by atoms with Gasteiger partial charge in [-0.25, -0.2) is 13.1 Å². The number of anilines is 1. The van der Waals surface area contributed by atoms with Crippen LogP contribution in [0.15, 0.2) is 47.4 Å². The van der Waals surface area contributed by atoms with Gasteiger partial charge in [-0.05, 0) is 36.4 Å². The van der Waals surface area contributed by atoms with E-state index in [4.69, 9.17) is 9.47 Å². The normalized spacial score (nSPS) is 10.9. The van der Waals surface area contributed by atoms with Gasteiger partial charge in [0.2, 0.25) is 15.9 Å². The van der Waals surface area contributed by atoms with Crippen LogP contribution in [0.3, 0.4) is 0 Å². The first kappa shape index (κ1) is 22.2. The molecule has 0 aromatic heterocycles. The lowest BCUT2D eigenvalue weighted by atomic mass is 10.2. The van der Waals surface area contributed by atoms with Crippen LogP contribution in [-0.4, -0.2) is 47.5 Å². The van der Waals surface area contributed by atoms with Crippen LogP contribution in [-0.2, 0) is 14.8 Å². The van der Waals surface area contributed by atoms with Crippen LogP contribution in [0.5, 0.6) is 11.5 Å². The zero-order valence-corrected chi connectivity index (χ0v) is 17.1. The average Bonchev–Trinajstić information content (AvgIpc) is 2.70. The van der Waals surface area contributed by atoms with E-state index in [0.717, 1.165) is 0 Å². The monoisotopic (exact) mass is 421 g/mol. The fraction of sp³-hybridized carbons (Fsp3) is 0.263. The van der Waals surface area contributed by atoms with E-state index < -0.39 is 10.0 Å². The van der Waals surface area contributed by atoms with E-state index in [1.807, 2.05) is 0 Å². The molecule has 2 aromatic rings. The smallest absolute Gasteiger partial charge is 0.251 e. The van der Waals surface area contributed by atoms with Crippen LogP contribution in [0.25, 0.3) is 0 Å². The highest BCUT2D eigenvalue weighted by Gasteiger charge is 2.14. The Morgan fingerprint density at radius 3 is 2.03 bits per heavy atom. The van der Waals surface area contributed by atoms with Gasteiger partial charge in [0.25, 0.3) is 5.91 Å². The van der Waals surface area contributed by atoms with Gasteiger partial charge in [-0.2, -0.15) is 0 Å². The number of hydrogen-bond acceptors (Lipinski definition) is 6. The van der Waals surface area contributed by atoms with Crippen LogP contribution < -0.4 is 24.8 Å². The Hall–Kier alpha value is -3.11. The summed E-state index contributed by atoms with van der Waals surface area (Å²) in [5.41, 5.74) is 0.829. The zero-order valence-electron chi connectivity index (χ0n) is 16.3. The SMILES string of the molecule is COc1cc(OC)cc(C(=O)NCCNS(=O)(=O)c2ccc(NC(C)=O)cc2)c1. The molecule has 0 saturated carbocycles. The lowest BCUT2D eigenvalue weighted by molar-refractivity contribution is -0.114. The molecule has 156 valence electrons. The summed E-state index contributed by atoms with van der Waals surface area (Å²) in [4.78, 5) is 23.3. The van der Waals surface area contributed by atoms with E-state index in [9.17, 15) is 18.0 Å². The molecule has 0 aliphatic heterocycles. The molecular weight excluding hydrogens is 398 g/mol. The van der Waals surface area contributed by atoms with Crippen molar-refractivity contribution in [1.29, 1.82) is 0 Å². The number of sulfonamides is 1. The third-order valence-electron chi connectivity index (χ3n) is 3.80. The Balaban J connectivity index is 1.90. The number of nitrogens with one attached hydrogen (secondary N) is 3. The molecule has 0 heterocycles. The first-order chi connectivity index (χ1) is 13.7. The molecule has 0 fully saturated rings. The van der Waals surface area contributed by atoms with Gasteiger partial charge >= 0.3 is 0 Å². The van der Waals surface area contributed by atoms with Crippen molar-refractivity contribution in [3.05, 3.63) is 48.0 Å². The number of amides is 2. The second-order valence-corrected chi connectivity index (χ2v) is 7.73. The van der Waals surface area contributed by atoms with Crippen molar-refractivity contribution in [3.63, 3.8) is 0 Å². The molecule has 9 nitrogen and oxygen atoms in total. The summed E-state index contributed by atoms with van der Waals surface area (Å²) in [6.07, 6.45) is 0. The van der Waals surface area contributed by atoms with Crippen LogP contribution in [0.4, 0.5) is 5.69 Å². The van der Waals surface area contributed by atoms with Gasteiger partial charge in [0.1, 0.15) is 11.5 Å². The van der Waals surface area contributed by atoms with E-state index in [1.165, 1.54) is 45.4 Å². The Kier molecular flexibility index (Phi) is 7.57. The highest BCUT2D eigenvalue weighted by molar-refractivity contribution is 7.89. The number of ether oxygens (including phenoxy) is 2. The van der Waals surface area contributed by atoms with Gasteiger partial charge in [-0.15, -0.1) is 0 Å². The fourth-order valence-corrected chi connectivity index (χ4v) is 3.44. The van der Waals surface area contributed by atoms with Gasteiger partial charge < -0.3 is 20.1 Å². The molecule has 0 spiro atoms. The van der Waals surface area contributed by atoms with E-state index in [2.05, 4.69) is 15.4 Å². The van der Waals surface area contributed by atoms with Crippen molar-refractivity contribution in [3.8, 4) is 11.5 Å². The highest BCUT2D eigenvalue weighted by Crippen LogP contribution is 2.22. The molecule has 2 amide bonds. The largest absolute Gasteiger partial charge is 0.497 e. The molecular formula is C19H23N3O6S. The Morgan fingerprint density at radius 1 is 0.931 bits per heavy atom. The molecule has 0 aliphatic carbocycles. The maximum Gasteiger partial charge on any atom is 0.251 e. The number of methoxy groups -OCH3 is 2. The van der Waals surface area contributed by atoms with Crippen LogP contribution in [0.1, 0.15) is 17.3 Å². The molecule has 0 saturated heterocycles. The number of carbonyl (C=O) groups excluding carboxylic acids is 2. The number of hydrogen-bond donors (Lipinski definition) is 3. The molecule has 0 unspecified atom stereocenters. The molecule has 0 radical (unpaired) electrons. The Bertz CT molecular complexity index is 952. The summed E-state index contributed by atoms with van der Waals surface area (Å²) in [6.45, 7) is 1.45. The average molecular weight is 421 g/mol. The minimum absolute atomic E-state index is 0.00260. The summed E-state index contributed by atoms with van der Waals surface area (Å²) in [5, 5.41) is 5.19. The quantitative estimate of drug-likeness (QED) is 0.526. The third-order valence-corrected chi connectivity index (χ3v) is 5.28. The minimum atomic E-state index is -3.74. The van der Waals surface area contributed by atoms with Crippen molar-refractivity contribution in [1.82, 2.24) is 10.0 Å². The van der Waals surface area contributed by atoms with Gasteiger partial charge in [-0.1, -0.05) is 0 Å². The second kappa shape index (κ2) is 9.89. The fourth-order valence-electron chi connectivity index (χ4n) is 2.41. The predicted octanol–water partition coefficient (Wildman–Crippen LogP) is 1.37. The summed E-state index contributed by atoms with van der Waals surface area (Å²) < 4.78 is 37.3. The standard InChI is InChI=1S/C19H23N3O6S/c1-13(23)22-15-4-6-18(7-5-15)29(25,26)21-9-8-20-19(24)14-10-16(27-2)12-17(11-14)28-3/h4-7,10-12,21H,8-9H2,1-3H3,(H,20,24)(H,22,23). The van der Waals surface area contributed by atoms with Crippen LogP contribution in [0, 0.1) is 0 Å². The second-order valence-electron chi connectivity index (χ2n) is 5.96. The predicted molar refractivity (Wildman–Crippen MR) is 108 cm³/mol. The molecule has 29 heavy (non-hydrogen) atoms. The zero-order chi connectivity index (χ0) is 21.4. The lowest BCUT2D eigenvalue weighted by Crippen LogP contribution is -2.34. The van der Waals surface area contributed by atoms with Crippen molar-refractivity contribution >= 4 is 27.5 Å². The molecule has 0 aliphatic rings. The molecule has 3 N–H and O–H groups in total. The Morgan fingerprint density at radius 2 is 1.52 bits per heavy atom.